The Morgan fingerprint density at radius 3 is 2.30 bits per heavy atom. The molecule has 0 aliphatic heterocycles. The highest BCUT2D eigenvalue weighted by Gasteiger charge is 2.28. The van der Waals surface area contributed by atoms with Gasteiger partial charge in [-0.3, -0.25) is 14.6 Å². The Morgan fingerprint density at radius 1 is 0.913 bits per heavy atom. The highest BCUT2D eigenvalue weighted by molar-refractivity contribution is 6.11. The van der Waals surface area contributed by atoms with Crippen LogP contribution in [0, 0.1) is 0 Å². The van der Waals surface area contributed by atoms with Gasteiger partial charge < -0.3 is 60.9 Å². The number of guanidine groups is 1. The summed E-state index contributed by atoms with van der Waals surface area (Å²) in [5.41, 5.74) is 15.3. The SMILES string of the molecule is C[n+]1c2ccccc2c(NCC(=O)NC(Cc2ccccc2)C(=O)NC(CCCN=C(N)N)C(=O)O)c2oc3ccccc3c21.[I-]. The maximum absolute atomic E-state index is 13.4. The summed E-state index contributed by atoms with van der Waals surface area (Å²) in [6, 6.07) is 22.5. The van der Waals surface area contributed by atoms with Gasteiger partial charge in [0.05, 0.1) is 23.0 Å². The number of aryl methyl sites for hydroxylation is 1. The number of rotatable bonds is 13. The van der Waals surface area contributed by atoms with Gasteiger partial charge in [-0.15, -0.1) is 0 Å². The summed E-state index contributed by atoms with van der Waals surface area (Å²) >= 11 is 0. The van der Waals surface area contributed by atoms with E-state index in [9.17, 15) is 19.5 Å². The summed E-state index contributed by atoms with van der Waals surface area (Å²) in [5.74, 6) is -2.35. The molecule has 3 aromatic carbocycles. The van der Waals surface area contributed by atoms with Gasteiger partial charge in [-0.2, -0.15) is 4.57 Å². The number of halogens is 1. The number of pyridine rings is 1. The Kier molecular flexibility index (Phi) is 11.4. The zero-order valence-electron chi connectivity index (χ0n) is 25.2. The number of furan rings is 1. The Labute approximate surface area is 282 Å². The van der Waals surface area contributed by atoms with Crippen LogP contribution in [0.2, 0.25) is 0 Å². The number of nitrogens with two attached hydrogens (primary N) is 2. The van der Waals surface area contributed by atoms with Gasteiger partial charge in [0.1, 0.15) is 24.7 Å². The Bertz CT molecular complexity index is 1890. The summed E-state index contributed by atoms with van der Waals surface area (Å²) in [4.78, 5) is 42.6. The number of carboxylic acid groups (broad SMARTS) is 1. The van der Waals surface area contributed by atoms with Crippen LogP contribution in [0.5, 0.6) is 0 Å². The number of carbonyl (C=O) groups is 3. The van der Waals surface area contributed by atoms with Crippen LogP contribution in [0.15, 0.2) is 88.3 Å². The number of aliphatic imine (C=N–C) groups is 1. The molecule has 0 fully saturated rings. The second kappa shape index (κ2) is 15.4. The van der Waals surface area contributed by atoms with Crippen molar-refractivity contribution in [3.63, 3.8) is 0 Å². The third-order valence-electron chi connectivity index (χ3n) is 7.59. The fourth-order valence-electron chi connectivity index (χ4n) is 5.44. The monoisotopic (exact) mass is 737 g/mol. The number of amides is 2. The molecule has 2 unspecified atom stereocenters. The van der Waals surface area contributed by atoms with E-state index in [0.717, 1.165) is 33.0 Å². The van der Waals surface area contributed by atoms with Crippen molar-refractivity contribution in [2.45, 2.75) is 31.3 Å². The maximum Gasteiger partial charge on any atom is 0.326 e. The molecule has 240 valence electrons. The van der Waals surface area contributed by atoms with Crippen LogP contribution in [-0.2, 0) is 27.9 Å². The number of nitrogens with zero attached hydrogens (tertiary/aromatic N) is 2. The van der Waals surface area contributed by atoms with Gasteiger partial charge in [-0.1, -0.05) is 54.6 Å². The predicted molar refractivity (Wildman–Crippen MR) is 172 cm³/mol. The Morgan fingerprint density at radius 2 is 1.59 bits per heavy atom. The number of benzene rings is 3. The second-order valence-corrected chi connectivity index (χ2v) is 10.7. The van der Waals surface area contributed by atoms with Crippen molar-refractivity contribution in [1.82, 2.24) is 10.6 Å². The van der Waals surface area contributed by atoms with Gasteiger partial charge in [0.2, 0.25) is 22.9 Å². The predicted octanol–water partition coefficient (Wildman–Crippen LogP) is -0.670. The maximum atomic E-state index is 13.4. The first-order valence-corrected chi connectivity index (χ1v) is 14.6. The number of nitrogens with one attached hydrogen (secondary N) is 3. The molecule has 0 aliphatic carbocycles. The number of aliphatic carboxylic acids is 1. The van der Waals surface area contributed by atoms with Gasteiger partial charge >= 0.3 is 5.97 Å². The first kappa shape index (κ1) is 34.0. The van der Waals surface area contributed by atoms with Crippen LogP contribution in [-0.4, -0.2) is 54.0 Å². The molecule has 0 bridgehead atoms. The lowest BCUT2D eigenvalue weighted by Gasteiger charge is -2.22. The number of para-hydroxylation sites is 2. The molecule has 13 heteroatoms. The fourth-order valence-corrected chi connectivity index (χ4v) is 5.44. The Balaban J connectivity index is 0.00000480. The van der Waals surface area contributed by atoms with Crippen molar-refractivity contribution >= 4 is 62.4 Å². The second-order valence-electron chi connectivity index (χ2n) is 10.7. The molecular weight excluding hydrogens is 701 g/mol. The minimum Gasteiger partial charge on any atom is -1.00 e. The summed E-state index contributed by atoms with van der Waals surface area (Å²) < 4.78 is 8.33. The minimum atomic E-state index is -1.20. The van der Waals surface area contributed by atoms with Crippen LogP contribution >= 0.6 is 0 Å². The van der Waals surface area contributed by atoms with E-state index in [0.29, 0.717) is 17.7 Å². The molecule has 0 aliphatic rings. The van der Waals surface area contributed by atoms with Crippen LogP contribution in [0.4, 0.5) is 5.69 Å². The molecule has 5 aromatic rings. The van der Waals surface area contributed by atoms with Crippen LogP contribution in [0.25, 0.3) is 33.0 Å². The molecule has 0 radical (unpaired) electrons. The van der Waals surface area contributed by atoms with Gasteiger partial charge in [-0.05, 0) is 36.6 Å². The molecule has 0 saturated heterocycles. The number of fused-ring (bicyclic) bond motifs is 4. The third kappa shape index (κ3) is 7.83. The molecule has 8 N–H and O–H groups in total. The normalized spacial score (nSPS) is 12.2. The van der Waals surface area contributed by atoms with E-state index in [1.807, 2.05) is 85.9 Å². The summed E-state index contributed by atoms with van der Waals surface area (Å²) in [5, 5.41) is 20.2. The van der Waals surface area contributed by atoms with Crippen LogP contribution in [0.3, 0.4) is 0 Å². The van der Waals surface area contributed by atoms with E-state index in [4.69, 9.17) is 15.9 Å². The molecule has 5 rings (SSSR count). The molecule has 2 amide bonds. The van der Waals surface area contributed by atoms with Crippen molar-refractivity contribution in [2.75, 3.05) is 18.4 Å². The van der Waals surface area contributed by atoms with Crippen LogP contribution < -0.4 is 56.0 Å². The number of carboxylic acids is 1. The highest BCUT2D eigenvalue weighted by Crippen LogP contribution is 2.35. The van der Waals surface area contributed by atoms with Crippen molar-refractivity contribution in [3.8, 4) is 0 Å². The standard InChI is InChI=1S/C33H35N7O5.HI/c1-40-25-15-7-5-12-21(25)28(30-29(40)22-13-6-8-16-26(22)45-30)37-19-27(41)38-24(18-20-10-3-2-4-11-20)31(42)39-23(32(43)44)14-9-17-36-33(34)35;/h2-8,10-13,15-16,23-24H,9,14,17-19H2,1H3,(H7,34,35,36,38,39,41,42,43,44);1H. The van der Waals surface area contributed by atoms with E-state index in [1.54, 1.807) is 0 Å². The van der Waals surface area contributed by atoms with Gasteiger partial charge in [-0.25, -0.2) is 4.79 Å². The zero-order chi connectivity index (χ0) is 31.9. The minimum absolute atomic E-state index is 0. The van der Waals surface area contributed by atoms with E-state index in [2.05, 4.69) is 25.5 Å². The highest BCUT2D eigenvalue weighted by atomic mass is 127. The molecule has 0 spiro atoms. The topological polar surface area (TPSA) is 189 Å². The van der Waals surface area contributed by atoms with Gasteiger partial charge in [0, 0.05) is 19.0 Å². The van der Waals surface area contributed by atoms with Gasteiger partial charge in [0.25, 0.3) is 5.52 Å². The lowest BCUT2D eigenvalue weighted by molar-refractivity contribution is -0.616. The number of aromatic nitrogens is 1. The van der Waals surface area contributed by atoms with Gasteiger partial charge in [0.15, 0.2) is 5.96 Å². The number of carbonyl (C=O) groups excluding carboxylic acids is 2. The summed E-state index contributed by atoms with van der Waals surface area (Å²) in [7, 11) is 1.97. The molecule has 2 atom stereocenters. The number of hydrogen-bond donors (Lipinski definition) is 6. The van der Waals surface area contributed by atoms with Crippen molar-refractivity contribution in [3.05, 3.63) is 84.4 Å². The van der Waals surface area contributed by atoms with Crippen molar-refractivity contribution < 1.29 is 52.5 Å². The molecule has 12 nitrogen and oxygen atoms in total. The number of anilines is 1. The molecule has 2 heterocycles. The van der Waals surface area contributed by atoms with E-state index in [-0.39, 0.29) is 55.9 Å². The Hall–Kier alpha value is -4.92. The lowest BCUT2D eigenvalue weighted by atomic mass is 10.0. The molecule has 46 heavy (non-hydrogen) atoms. The largest absolute Gasteiger partial charge is 1.00 e. The average Bonchev–Trinajstić information content (AvgIpc) is 3.42. The zero-order valence-corrected chi connectivity index (χ0v) is 27.4. The lowest BCUT2D eigenvalue weighted by Crippen LogP contribution is -3.00. The molecule has 2 aromatic heterocycles. The van der Waals surface area contributed by atoms with Crippen LogP contribution in [0.1, 0.15) is 18.4 Å². The smallest absolute Gasteiger partial charge is 0.326 e. The van der Waals surface area contributed by atoms with E-state index in [1.165, 1.54) is 0 Å². The summed E-state index contributed by atoms with van der Waals surface area (Å²) in [6.45, 7) is 0.0614. The molecular formula is C33H36IN7O5. The van der Waals surface area contributed by atoms with Crippen molar-refractivity contribution in [2.24, 2.45) is 23.5 Å². The molecule has 0 saturated carbocycles. The third-order valence-corrected chi connectivity index (χ3v) is 7.59. The average molecular weight is 738 g/mol. The quantitative estimate of drug-likeness (QED) is 0.0302. The number of hydrogen-bond acceptors (Lipinski definition) is 6. The first-order valence-electron chi connectivity index (χ1n) is 14.6. The van der Waals surface area contributed by atoms with E-state index >= 15 is 0 Å². The summed E-state index contributed by atoms with van der Waals surface area (Å²) in [6.07, 6.45) is 0.613. The first-order chi connectivity index (χ1) is 21.7. The fraction of sp³-hybridized carbons (Fsp3) is 0.242. The van der Waals surface area contributed by atoms with E-state index < -0.39 is 29.9 Å². The van der Waals surface area contributed by atoms with Crippen molar-refractivity contribution in [1.29, 1.82) is 0 Å².